The minimum atomic E-state index is 0.0703. The van der Waals surface area contributed by atoms with E-state index in [2.05, 4.69) is 35.2 Å². The minimum absolute atomic E-state index is 0.0703. The van der Waals surface area contributed by atoms with Gasteiger partial charge < -0.3 is 10.2 Å². The Labute approximate surface area is 153 Å². The van der Waals surface area contributed by atoms with E-state index >= 15 is 0 Å². The third kappa shape index (κ3) is 4.98. The van der Waals surface area contributed by atoms with Crippen molar-refractivity contribution in [3.8, 4) is 0 Å². The molecule has 0 bridgehead atoms. The number of carbonyl (C=O) groups is 1. The van der Waals surface area contributed by atoms with Crippen LogP contribution in [0.4, 0.5) is 5.95 Å². The molecular weight excluding hydrogens is 332 g/mol. The molecule has 26 heavy (non-hydrogen) atoms. The molecule has 0 atom stereocenters. The van der Waals surface area contributed by atoms with E-state index in [1.807, 2.05) is 24.6 Å². The van der Waals surface area contributed by atoms with E-state index in [4.69, 9.17) is 0 Å². The second kappa shape index (κ2) is 8.70. The zero-order chi connectivity index (χ0) is 18.4. The van der Waals surface area contributed by atoms with Gasteiger partial charge in [0.15, 0.2) is 0 Å². The molecule has 0 saturated carbocycles. The zero-order valence-electron chi connectivity index (χ0n) is 15.4. The van der Waals surface area contributed by atoms with E-state index in [9.17, 15) is 4.79 Å². The van der Waals surface area contributed by atoms with E-state index in [1.165, 1.54) is 0 Å². The molecule has 1 saturated heterocycles. The predicted molar refractivity (Wildman–Crippen MR) is 97.8 cm³/mol. The highest BCUT2D eigenvalue weighted by molar-refractivity contribution is 5.78. The predicted octanol–water partition coefficient (Wildman–Crippen LogP) is 0.0134. The van der Waals surface area contributed by atoms with Crippen molar-refractivity contribution in [2.24, 2.45) is 0 Å². The van der Waals surface area contributed by atoms with Crippen molar-refractivity contribution in [2.75, 3.05) is 44.2 Å². The average molecular weight is 358 g/mol. The van der Waals surface area contributed by atoms with Gasteiger partial charge in [-0.05, 0) is 26.3 Å². The molecule has 1 amide bonds. The van der Waals surface area contributed by atoms with Gasteiger partial charge in [-0.2, -0.15) is 5.10 Å². The standard InChI is InChI=1S/C17H26N8O/c1-14-21-15(2)25(22-14)8-4-7-18-16(26)13-23-9-11-24(12-10-23)17-19-5-3-6-20-17/h3,5-6H,4,7-13H2,1-2H3,(H,18,26). The molecule has 2 aromatic rings. The first-order chi connectivity index (χ1) is 12.6. The summed E-state index contributed by atoms with van der Waals surface area (Å²) < 4.78 is 1.88. The number of aryl methyl sites for hydroxylation is 3. The Kier molecular flexibility index (Phi) is 6.11. The van der Waals surface area contributed by atoms with Crippen LogP contribution in [0.1, 0.15) is 18.1 Å². The number of amides is 1. The van der Waals surface area contributed by atoms with Gasteiger partial charge in [0.05, 0.1) is 6.54 Å². The molecule has 9 nitrogen and oxygen atoms in total. The molecule has 3 heterocycles. The number of aromatic nitrogens is 5. The third-order valence-electron chi connectivity index (χ3n) is 4.41. The van der Waals surface area contributed by atoms with Crippen LogP contribution in [0.15, 0.2) is 18.5 Å². The van der Waals surface area contributed by atoms with E-state index in [0.29, 0.717) is 13.1 Å². The van der Waals surface area contributed by atoms with Gasteiger partial charge in [0.2, 0.25) is 11.9 Å². The van der Waals surface area contributed by atoms with Gasteiger partial charge in [-0.15, -0.1) is 0 Å². The molecule has 1 aliphatic heterocycles. The van der Waals surface area contributed by atoms with Crippen molar-refractivity contribution >= 4 is 11.9 Å². The highest BCUT2D eigenvalue weighted by Gasteiger charge is 2.20. The van der Waals surface area contributed by atoms with E-state index in [0.717, 1.165) is 56.7 Å². The van der Waals surface area contributed by atoms with Gasteiger partial charge in [-0.25, -0.2) is 15.0 Å². The summed E-state index contributed by atoms with van der Waals surface area (Å²) >= 11 is 0. The molecule has 0 aromatic carbocycles. The van der Waals surface area contributed by atoms with E-state index < -0.39 is 0 Å². The first-order valence-corrected chi connectivity index (χ1v) is 9.01. The molecule has 0 radical (unpaired) electrons. The van der Waals surface area contributed by atoms with Gasteiger partial charge in [0, 0.05) is 51.7 Å². The molecule has 1 aliphatic rings. The van der Waals surface area contributed by atoms with Gasteiger partial charge >= 0.3 is 0 Å². The molecule has 0 spiro atoms. The second-order valence-electron chi connectivity index (χ2n) is 6.44. The van der Waals surface area contributed by atoms with Crippen LogP contribution in [0, 0.1) is 13.8 Å². The summed E-state index contributed by atoms with van der Waals surface area (Å²) in [5, 5.41) is 7.31. The summed E-state index contributed by atoms with van der Waals surface area (Å²) in [5.74, 6) is 2.52. The quantitative estimate of drug-likeness (QED) is 0.697. The van der Waals surface area contributed by atoms with Crippen LogP contribution in [0.25, 0.3) is 0 Å². The molecule has 2 aromatic heterocycles. The van der Waals surface area contributed by atoms with Gasteiger partial charge in [-0.3, -0.25) is 14.4 Å². The van der Waals surface area contributed by atoms with Crippen molar-refractivity contribution in [2.45, 2.75) is 26.8 Å². The van der Waals surface area contributed by atoms with Crippen molar-refractivity contribution in [1.29, 1.82) is 0 Å². The Morgan fingerprint density at radius 1 is 1.15 bits per heavy atom. The number of hydrogen-bond acceptors (Lipinski definition) is 7. The summed E-state index contributed by atoms with van der Waals surface area (Å²) in [6.45, 7) is 9.02. The molecular formula is C17H26N8O. The summed E-state index contributed by atoms with van der Waals surface area (Å²) in [6.07, 6.45) is 4.35. The maximum atomic E-state index is 12.1. The monoisotopic (exact) mass is 358 g/mol. The number of piperazine rings is 1. The molecule has 3 rings (SSSR count). The number of anilines is 1. The van der Waals surface area contributed by atoms with Crippen LogP contribution in [0.5, 0.6) is 0 Å². The minimum Gasteiger partial charge on any atom is -0.355 e. The fraction of sp³-hybridized carbons (Fsp3) is 0.588. The Morgan fingerprint density at radius 3 is 2.54 bits per heavy atom. The number of nitrogens with zero attached hydrogens (tertiary/aromatic N) is 7. The lowest BCUT2D eigenvalue weighted by atomic mass is 10.3. The average Bonchev–Trinajstić information content (AvgIpc) is 2.97. The highest BCUT2D eigenvalue weighted by Crippen LogP contribution is 2.09. The summed E-state index contributed by atoms with van der Waals surface area (Å²) in [6, 6.07) is 1.81. The topological polar surface area (TPSA) is 92.1 Å². The maximum absolute atomic E-state index is 12.1. The van der Waals surface area contributed by atoms with Gasteiger partial charge in [0.25, 0.3) is 0 Å². The Hall–Kier alpha value is -2.55. The summed E-state index contributed by atoms with van der Waals surface area (Å²) in [5.41, 5.74) is 0. The molecule has 1 N–H and O–H groups in total. The summed E-state index contributed by atoms with van der Waals surface area (Å²) in [7, 11) is 0. The molecule has 0 aliphatic carbocycles. The summed E-state index contributed by atoms with van der Waals surface area (Å²) in [4.78, 5) is 29.3. The first kappa shape index (κ1) is 18.2. The number of hydrogen-bond donors (Lipinski definition) is 1. The second-order valence-corrected chi connectivity index (χ2v) is 6.44. The van der Waals surface area contributed by atoms with Crippen LogP contribution in [-0.4, -0.2) is 74.8 Å². The Bertz CT molecular complexity index is 709. The van der Waals surface area contributed by atoms with Crippen molar-refractivity contribution in [1.82, 2.24) is 34.9 Å². The van der Waals surface area contributed by atoms with Crippen LogP contribution in [0.2, 0.25) is 0 Å². The SMILES string of the molecule is Cc1nc(C)n(CCCNC(=O)CN2CCN(c3ncccn3)CC2)n1. The molecule has 140 valence electrons. The normalized spacial score (nSPS) is 15.2. The largest absolute Gasteiger partial charge is 0.355 e. The number of carbonyl (C=O) groups excluding carboxylic acids is 1. The molecule has 9 heteroatoms. The van der Waals surface area contributed by atoms with Crippen LogP contribution < -0.4 is 10.2 Å². The number of nitrogens with one attached hydrogen (secondary N) is 1. The van der Waals surface area contributed by atoms with Crippen LogP contribution >= 0.6 is 0 Å². The lowest BCUT2D eigenvalue weighted by molar-refractivity contribution is -0.122. The maximum Gasteiger partial charge on any atom is 0.234 e. The highest BCUT2D eigenvalue weighted by atomic mass is 16.2. The Morgan fingerprint density at radius 2 is 1.88 bits per heavy atom. The fourth-order valence-corrected chi connectivity index (χ4v) is 3.05. The third-order valence-corrected chi connectivity index (χ3v) is 4.41. The Balaban J connectivity index is 1.32. The van der Waals surface area contributed by atoms with Crippen LogP contribution in [-0.2, 0) is 11.3 Å². The first-order valence-electron chi connectivity index (χ1n) is 9.01. The van der Waals surface area contributed by atoms with Gasteiger partial charge in [-0.1, -0.05) is 0 Å². The lowest BCUT2D eigenvalue weighted by Crippen LogP contribution is -2.50. The van der Waals surface area contributed by atoms with Crippen molar-refractivity contribution in [3.05, 3.63) is 30.1 Å². The van der Waals surface area contributed by atoms with Crippen molar-refractivity contribution < 1.29 is 4.79 Å². The lowest BCUT2D eigenvalue weighted by Gasteiger charge is -2.34. The smallest absolute Gasteiger partial charge is 0.234 e. The zero-order valence-corrected chi connectivity index (χ0v) is 15.4. The molecule has 0 unspecified atom stereocenters. The van der Waals surface area contributed by atoms with Crippen molar-refractivity contribution in [3.63, 3.8) is 0 Å². The fourth-order valence-electron chi connectivity index (χ4n) is 3.05. The molecule has 1 fully saturated rings. The van der Waals surface area contributed by atoms with Gasteiger partial charge in [0.1, 0.15) is 11.6 Å². The van der Waals surface area contributed by atoms with Crippen LogP contribution in [0.3, 0.4) is 0 Å². The van der Waals surface area contributed by atoms with E-state index in [1.54, 1.807) is 12.4 Å². The number of rotatable bonds is 7. The van der Waals surface area contributed by atoms with E-state index in [-0.39, 0.29) is 5.91 Å².